The molecule has 2 amide bonds. The molecule has 3 rings (SSSR count). The van der Waals surface area contributed by atoms with Gasteiger partial charge in [-0.15, -0.1) is 0 Å². The number of fused-ring (bicyclic) bond motifs is 1. The van der Waals surface area contributed by atoms with Gasteiger partial charge in [-0.2, -0.15) is 0 Å². The van der Waals surface area contributed by atoms with Crippen LogP contribution >= 0.6 is 11.6 Å². The Kier molecular flexibility index (Phi) is 4.69. The normalized spacial score (nSPS) is 13.5. The predicted molar refractivity (Wildman–Crippen MR) is 95.5 cm³/mol. The van der Waals surface area contributed by atoms with E-state index in [2.05, 4.69) is 10.3 Å². The van der Waals surface area contributed by atoms with Gasteiger partial charge < -0.3 is 10.4 Å². The summed E-state index contributed by atoms with van der Waals surface area (Å²) in [6.07, 6.45) is 0.129. The van der Waals surface area contributed by atoms with Crippen molar-refractivity contribution in [3.63, 3.8) is 0 Å². The highest BCUT2D eigenvalue weighted by molar-refractivity contribution is 6.31. The smallest absolute Gasteiger partial charge is 0.297 e. The third-order valence-electron chi connectivity index (χ3n) is 4.25. The summed E-state index contributed by atoms with van der Waals surface area (Å²) in [7, 11) is 1.47. The van der Waals surface area contributed by atoms with E-state index in [-0.39, 0.29) is 31.4 Å². The average molecular weight is 377 g/mol. The fourth-order valence-electron chi connectivity index (χ4n) is 2.65. The summed E-state index contributed by atoms with van der Waals surface area (Å²) >= 11 is 6.05. The molecule has 0 saturated carbocycles. The minimum absolute atomic E-state index is 0.0348. The maximum atomic E-state index is 12.4. The zero-order chi connectivity index (χ0) is 19.0. The van der Waals surface area contributed by atoms with E-state index in [0.717, 1.165) is 11.1 Å². The highest BCUT2D eigenvalue weighted by Crippen LogP contribution is 2.20. The maximum Gasteiger partial charge on any atom is 0.297 e. The molecule has 136 valence electrons. The first-order valence-electron chi connectivity index (χ1n) is 7.93. The molecular formula is C17H17ClN4O4. The van der Waals surface area contributed by atoms with E-state index < -0.39 is 22.9 Å². The molecule has 0 unspecified atom stereocenters. The van der Waals surface area contributed by atoms with Crippen LogP contribution < -0.4 is 15.8 Å². The van der Waals surface area contributed by atoms with Crippen LogP contribution in [0, 0.1) is 6.92 Å². The molecule has 1 aliphatic heterocycles. The van der Waals surface area contributed by atoms with Crippen LogP contribution in [0.5, 0.6) is 5.75 Å². The molecule has 8 nitrogen and oxygen atoms in total. The SMILES string of the molecule is Cc1ccc(CNC(=O)c2nc3n(c(=O)c2O)CCC(=O)N3C)cc1Cl. The van der Waals surface area contributed by atoms with Gasteiger partial charge in [0.2, 0.25) is 17.6 Å². The molecule has 2 N–H and O–H groups in total. The largest absolute Gasteiger partial charge is 0.501 e. The summed E-state index contributed by atoms with van der Waals surface area (Å²) in [4.78, 5) is 41.7. The number of rotatable bonds is 3. The van der Waals surface area contributed by atoms with Crippen molar-refractivity contribution in [2.75, 3.05) is 11.9 Å². The number of amides is 2. The summed E-state index contributed by atoms with van der Waals surface area (Å²) in [6, 6.07) is 5.35. The van der Waals surface area contributed by atoms with Crippen LogP contribution in [0.1, 0.15) is 28.0 Å². The second-order valence-electron chi connectivity index (χ2n) is 6.03. The molecule has 0 spiro atoms. The number of nitrogens with zero attached hydrogens (tertiary/aromatic N) is 3. The zero-order valence-electron chi connectivity index (χ0n) is 14.2. The van der Waals surface area contributed by atoms with Gasteiger partial charge in [0.1, 0.15) is 0 Å². The van der Waals surface area contributed by atoms with Crippen molar-refractivity contribution in [1.29, 1.82) is 0 Å². The Morgan fingerprint density at radius 2 is 2.12 bits per heavy atom. The van der Waals surface area contributed by atoms with Gasteiger partial charge >= 0.3 is 0 Å². The van der Waals surface area contributed by atoms with Crippen LogP contribution in [-0.4, -0.2) is 33.5 Å². The number of aromatic hydroxyl groups is 1. The van der Waals surface area contributed by atoms with Crippen LogP contribution in [-0.2, 0) is 17.9 Å². The van der Waals surface area contributed by atoms with Crippen LogP contribution in [0.3, 0.4) is 0 Å². The first-order chi connectivity index (χ1) is 12.3. The van der Waals surface area contributed by atoms with Crippen molar-refractivity contribution >= 4 is 29.4 Å². The van der Waals surface area contributed by atoms with Gasteiger partial charge in [0.25, 0.3) is 11.5 Å². The van der Waals surface area contributed by atoms with Gasteiger partial charge in [0.15, 0.2) is 5.69 Å². The number of hydrogen-bond donors (Lipinski definition) is 2. The Labute approximate surface area is 154 Å². The van der Waals surface area contributed by atoms with Crippen LogP contribution in [0.2, 0.25) is 5.02 Å². The van der Waals surface area contributed by atoms with Crippen LogP contribution in [0.15, 0.2) is 23.0 Å². The van der Waals surface area contributed by atoms with Crippen molar-refractivity contribution in [3.05, 3.63) is 50.4 Å². The fourth-order valence-corrected chi connectivity index (χ4v) is 2.85. The second-order valence-corrected chi connectivity index (χ2v) is 6.44. The van der Waals surface area contributed by atoms with E-state index >= 15 is 0 Å². The van der Waals surface area contributed by atoms with Gasteiger partial charge in [-0.3, -0.25) is 23.9 Å². The van der Waals surface area contributed by atoms with E-state index in [1.165, 1.54) is 16.5 Å². The minimum atomic E-state index is -0.752. The Hall–Kier alpha value is -2.87. The lowest BCUT2D eigenvalue weighted by Gasteiger charge is -2.26. The molecule has 1 aromatic heterocycles. The van der Waals surface area contributed by atoms with Crippen LogP contribution in [0.4, 0.5) is 5.95 Å². The lowest BCUT2D eigenvalue weighted by atomic mass is 10.1. The maximum absolute atomic E-state index is 12.4. The number of anilines is 1. The van der Waals surface area contributed by atoms with E-state index in [1.54, 1.807) is 6.07 Å². The van der Waals surface area contributed by atoms with Gasteiger partial charge in [-0.1, -0.05) is 23.7 Å². The van der Waals surface area contributed by atoms with Crippen molar-refractivity contribution in [2.24, 2.45) is 0 Å². The number of carbonyl (C=O) groups is 2. The third kappa shape index (κ3) is 3.15. The van der Waals surface area contributed by atoms with Crippen LogP contribution in [0.25, 0.3) is 0 Å². The fraction of sp³-hybridized carbons (Fsp3) is 0.294. The van der Waals surface area contributed by atoms with E-state index in [4.69, 9.17) is 11.6 Å². The Bertz CT molecular complexity index is 970. The molecule has 2 aromatic rings. The minimum Gasteiger partial charge on any atom is -0.501 e. The summed E-state index contributed by atoms with van der Waals surface area (Å²) in [6.45, 7) is 2.12. The number of aryl methyl sites for hydroxylation is 1. The molecule has 0 atom stereocenters. The number of nitrogens with one attached hydrogen (secondary N) is 1. The first kappa shape index (κ1) is 17.9. The molecule has 1 aliphatic rings. The molecule has 0 fully saturated rings. The molecule has 2 heterocycles. The van der Waals surface area contributed by atoms with Crippen molar-refractivity contribution < 1.29 is 14.7 Å². The number of benzene rings is 1. The molecule has 0 aliphatic carbocycles. The third-order valence-corrected chi connectivity index (χ3v) is 4.66. The Morgan fingerprint density at radius 3 is 2.81 bits per heavy atom. The van der Waals surface area contributed by atoms with E-state index in [0.29, 0.717) is 5.02 Å². The van der Waals surface area contributed by atoms with Crippen molar-refractivity contribution in [1.82, 2.24) is 14.9 Å². The predicted octanol–water partition coefficient (Wildman–Crippen LogP) is 1.21. The molecule has 0 saturated heterocycles. The Morgan fingerprint density at radius 1 is 1.38 bits per heavy atom. The summed E-state index contributed by atoms with van der Waals surface area (Å²) in [5.74, 6) is -1.64. The number of halogens is 1. The van der Waals surface area contributed by atoms with E-state index in [9.17, 15) is 19.5 Å². The molecule has 0 radical (unpaired) electrons. The topological polar surface area (TPSA) is 105 Å². The molecular weight excluding hydrogens is 360 g/mol. The highest BCUT2D eigenvalue weighted by atomic mass is 35.5. The van der Waals surface area contributed by atoms with E-state index in [1.807, 2.05) is 19.1 Å². The summed E-state index contributed by atoms with van der Waals surface area (Å²) in [5.41, 5.74) is 0.505. The lowest BCUT2D eigenvalue weighted by Crippen LogP contribution is -2.41. The summed E-state index contributed by atoms with van der Waals surface area (Å²) in [5, 5.41) is 13.2. The first-order valence-corrected chi connectivity index (χ1v) is 8.31. The average Bonchev–Trinajstić information content (AvgIpc) is 2.62. The van der Waals surface area contributed by atoms with Gasteiger partial charge in [-0.05, 0) is 24.1 Å². The van der Waals surface area contributed by atoms with Gasteiger partial charge in [0, 0.05) is 31.6 Å². The van der Waals surface area contributed by atoms with Gasteiger partial charge in [0.05, 0.1) is 0 Å². The summed E-state index contributed by atoms with van der Waals surface area (Å²) < 4.78 is 1.17. The number of aromatic nitrogens is 2. The highest BCUT2D eigenvalue weighted by Gasteiger charge is 2.28. The number of carbonyl (C=O) groups excluding carboxylic acids is 2. The van der Waals surface area contributed by atoms with Crippen molar-refractivity contribution in [2.45, 2.75) is 26.4 Å². The molecule has 26 heavy (non-hydrogen) atoms. The standard InChI is InChI=1S/C17H17ClN4O4/c1-9-3-4-10(7-11(9)18)8-19-15(25)13-14(24)16(26)22-6-5-12(23)21(2)17(22)20-13/h3-4,7,24H,5-6,8H2,1-2H3,(H,19,25). The molecule has 0 bridgehead atoms. The molecule has 9 heteroatoms. The zero-order valence-corrected chi connectivity index (χ0v) is 15.0. The number of hydrogen-bond acceptors (Lipinski definition) is 5. The quantitative estimate of drug-likeness (QED) is 0.837. The van der Waals surface area contributed by atoms with Gasteiger partial charge in [-0.25, -0.2) is 4.98 Å². The Balaban J connectivity index is 1.87. The second kappa shape index (κ2) is 6.80. The lowest BCUT2D eigenvalue weighted by molar-refractivity contribution is -0.119. The molecule has 1 aromatic carbocycles. The monoisotopic (exact) mass is 376 g/mol. The van der Waals surface area contributed by atoms with Crippen molar-refractivity contribution in [3.8, 4) is 5.75 Å².